The number of nitrogens with one attached hydrogen (secondary N) is 2. The zero-order chi connectivity index (χ0) is 11.1. The molecule has 0 radical (unpaired) electrons. The van der Waals surface area contributed by atoms with Gasteiger partial charge in [0.2, 0.25) is 0 Å². The first kappa shape index (κ1) is 8.90. The van der Waals surface area contributed by atoms with Crippen molar-refractivity contribution in [3.8, 4) is 0 Å². The van der Waals surface area contributed by atoms with Gasteiger partial charge in [-0.25, -0.2) is 4.98 Å². The Labute approximate surface area is 91.3 Å². The van der Waals surface area contributed by atoms with Crippen molar-refractivity contribution in [3.63, 3.8) is 0 Å². The van der Waals surface area contributed by atoms with Gasteiger partial charge in [-0.05, 0) is 12.1 Å². The molecule has 3 heterocycles. The molecule has 6 nitrogen and oxygen atoms in total. The molecule has 2 aromatic heterocycles. The standard InChI is InChI=1S/C10H9N5O/c1-15-9-6(5-12-15)10(16)13-7-3-2-4-11-8(7)14-9/h2-5H,1H3,(H,11,14)(H,13,16). The lowest BCUT2D eigenvalue weighted by Crippen LogP contribution is -2.09. The van der Waals surface area contributed by atoms with Crippen LogP contribution >= 0.6 is 0 Å². The largest absolute Gasteiger partial charge is 0.323 e. The van der Waals surface area contributed by atoms with E-state index in [1.165, 1.54) is 6.20 Å². The third kappa shape index (κ3) is 1.16. The van der Waals surface area contributed by atoms with E-state index in [9.17, 15) is 4.79 Å². The molecule has 2 aromatic rings. The summed E-state index contributed by atoms with van der Waals surface area (Å²) in [6.45, 7) is 0. The monoisotopic (exact) mass is 215 g/mol. The van der Waals surface area contributed by atoms with Crippen LogP contribution in [-0.4, -0.2) is 20.7 Å². The smallest absolute Gasteiger partial charge is 0.261 e. The second-order valence-corrected chi connectivity index (χ2v) is 3.51. The maximum Gasteiger partial charge on any atom is 0.261 e. The van der Waals surface area contributed by atoms with Crippen molar-refractivity contribution in [1.82, 2.24) is 14.8 Å². The molecule has 1 amide bonds. The van der Waals surface area contributed by atoms with Crippen LogP contribution in [-0.2, 0) is 7.05 Å². The molecule has 0 bridgehead atoms. The second-order valence-electron chi connectivity index (χ2n) is 3.51. The third-order valence-corrected chi connectivity index (χ3v) is 2.48. The molecule has 16 heavy (non-hydrogen) atoms. The number of anilines is 3. The number of rotatable bonds is 0. The molecule has 0 fully saturated rings. The predicted octanol–water partition coefficient (Wildman–Crippen LogP) is 1.12. The molecule has 1 aliphatic heterocycles. The fraction of sp³-hybridized carbons (Fsp3) is 0.100. The summed E-state index contributed by atoms with van der Waals surface area (Å²) in [6.07, 6.45) is 3.20. The van der Waals surface area contributed by atoms with Gasteiger partial charge in [0.05, 0.1) is 11.9 Å². The van der Waals surface area contributed by atoms with E-state index in [-0.39, 0.29) is 5.91 Å². The van der Waals surface area contributed by atoms with E-state index in [1.54, 1.807) is 30.1 Å². The molecule has 80 valence electrons. The van der Waals surface area contributed by atoms with Crippen molar-refractivity contribution >= 4 is 23.2 Å². The number of pyridine rings is 1. The van der Waals surface area contributed by atoms with Gasteiger partial charge in [0.1, 0.15) is 11.4 Å². The van der Waals surface area contributed by atoms with Crippen LogP contribution in [0.15, 0.2) is 24.5 Å². The first-order valence-corrected chi connectivity index (χ1v) is 4.81. The normalized spacial score (nSPS) is 13.2. The molecule has 0 aromatic carbocycles. The minimum atomic E-state index is -0.178. The van der Waals surface area contributed by atoms with Gasteiger partial charge in [-0.3, -0.25) is 9.48 Å². The summed E-state index contributed by atoms with van der Waals surface area (Å²) in [7, 11) is 1.77. The van der Waals surface area contributed by atoms with Crippen molar-refractivity contribution in [2.24, 2.45) is 7.05 Å². The maximum atomic E-state index is 11.8. The number of aryl methyl sites for hydroxylation is 1. The molecule has 6 heteroatoms. The van der Waals surface area contributed by atoms with Crippen molar-refractivity contribution < 1.29 is 4.79 Å². The van der Waals surface area contributed by atoms with Crippen LogP contribution in [0.25, 0.3) is 0 Å². The maximum absolute atomic E-state index is 11.8. The highest BCUT2D eigenvalue weighted by atomic mass is 16.1. The lowest BCUT2D eigenvalue weighted by atomic mass is 10.3. The average Bonchev–Trinajstić information content (AvgIpc) is 2.57. The quantitative estimate of drug-likeness (QED) is 0.690. The Balaban J connectivity index is 2.20. The highest BCUT2D eigenvalue weighted by molar-refractivity contribution is 6.10. The second kappa shape index (κ2) is 3.06. The fourth-order valence-electron chi connectivity index (χ4n) is 1.66. The lowest BCUT2D eigenvalue weighted by molar-refractivity contribution is 0.102. The Hall–Kier alpha value is -2.37. The summed E-state index contributed by atoms with van der Waals surface area (Å²) in [4.78, 5) is 16.0. The van der Waals surface area contributed by atoms with Gasteiger partial charge in [0.15, 0.2) is 5.82 Å². The van der Waals surface area contributed by atoms with Crippen LogP contribution in [0.4, 0.5) is 17.3 Å². The highest BCUT2D eigenvalue weighted by Gasteiger charge is 2.22. The van der Waals surface area contributed by atoms with Gasteiger partial charge in [-0.15, -0.1) is 0 Å². The Morgan fingerprint density at radius 2 is 2.25 bits per heavy atom. The van der Waals surface area contributed by atoms with Crippen molar-refractivity contribution in [3.05, 3.63) is 30.1 Å². The van der Waals surface area contributed by atoms with Crippen molar-refractivity contribution in [2.75, 3.05) is 10.6 Å². The van der Waals surface area contributed by atoms with E-state index in [4.69, 9.17) is 0 Å². The molecule has 0 atom stereocenters. The van der Waals surface area contributed by atoms with E-state index < -0.39 is 0 Å². The number of fused-ring (bicyclic) bond motifs is 2. The first-order chi connectivity index (χ1) is 7.75. The Bertz CT molecular complexity index is 574. The van der Waals surface area contributed by atoms with Crippen LogP contribution < -0.4 is 10.6 Å². The van der Waals surface area contributed by atoms with Crippen LogP contribution in [0.2, 0.25) is 0 Å². The number of nitrogens with zero attached hydrogens (tertiary/aromatic N) is 3. The molecular formula is C10H9N5O. The summed E-state index contributed by atoms with van der Waals surface area (Å²) in [5.74, 6) is 1.09. The SMILES string of the molecule is Cn1ncc2c1Nc1ncccc1NC2=O. The van der Waals surface area contributed by atoms with Crippen LogP contribution in [0.1, 0.15) is 10.4 Å². The van der Waals surface area contributed by atoms with Crippen LogP contribution in [0.3, 0.4) is 0 Å². The molecule has 3 rings (SSSR count). The summed E-state index contributed by atoms with van der Waals surface area (Å²) < 4.78 is 1.61. The molecule has 1 aliphatic rings. The van der Waals surface area contributed by atoms with Crippen LogP contribution in [0, 0.1) is 0 Å². The average molecular weight is 215 g/mol. The minimum absolute atomic E-state index is 0.178. The lowest BCUT2D eigenvalue weighted by Gasteiger charge is -2.06. The number of amides is 1. The molecule has 0 saturated heterocycles. The molecule has 0 aliphatic carbocycles. The molecule has 2 N–H and O–H groups in total. The summed E-state index contributed by atoms with van der Waals surface area (Å²) in [6, 6.07) is 3.57. The summed E-state index contributed by atoms with van der Waals surface area (Å²) in [5.41, 5.74) is 1.18. The third-order valence-electron chi connectivity index (χ3n) is 2.48. The van der Waals surface area contributed by atoms with E-state index in [0.29, 0.717) is 22.9 Å². The predicted molar refractivity (Wildman–Crippen MR) is 58.7 cm³/mol. The van der Waals surface area contributed by atoms with E-state index in [0.717, 1.165) is 0 Å². The zero-order valence-corrected chi connectivity index (χ0v) is 8.56. The molecule has 0 spiro atoms. The number of hydrogen-bond donors (Lipinski definition) is 2. The van der Waals surface area contributed by atoms with Gasteiger partial charge in [0.25, 0.3) is 5.91 Å². The van der Waals surface area contributed by atoms with Gasteiger partial charge in [-0.2, -0.15) is 5.10 Å². The molecule has 0 saturated carbocycles. The van der Waals surface area contributed by atoms with Gasteiger partial charge >= 0.3 is 0 Å². The van der Waals surface area contributed by atoms with Crippen LogP contribution in [0.5, 0.6) is 0 Å². The summed E-state index contributed by atoms with van der Waals surface area (Å²) >= 11 is 0. The van der Waals surface area contributed by atoms with E-state index >= 15 is 0 Å². The Morgan fingerprint density at radius 1 is 1.38 bits per heavy atom. The Kier molecular flexibility index (Phi) is 1.70. The fourth-order valence-corrected chi connectivity index (χ4v) is 1.66. The van der Waals surface area contributed by atoms with Crippen molar-refractivity contribution in [2.45, 2.75) is 0 Å². The summed E-state index contributed by atoms with van der Waals surface area (Å²) in [5, 5.41) is 9.89. The van der Waals surface area contributed by atoms with Gasteiger partial charge in [-0.1, -0.05) is 0 Å². The topological polar surface area (TPSA) is 71.8 Å². The highest BCUT2D eigenvalue weighted by Crippen LogP contribution is 2.28. The van der Waals surface area contributed by atoms with Crippen molar-refractivity contribution in [1.29, 1.82) is 0 Å². The van der Waals surface area contributed by atoms with Gasteiger partial charge < -0.3 is 10.6 Å². The van der Waals surface area contributed by atoms with E-state index in [1.807, 2.05) is 0 Å². The zero-order valence-electron chi connectivity index (χ0n) is 8.56. The Morgan fingerprint density at radius 3 is 3.12 bits per heavy atom. The number of carbonyl (C=O) groups is 1. The number of hydrogen-bond acceptors (Lipinski definition) is 4. The van der Waals surface area contributed by atoms with E-state index in [2.05, 4.69) is 20.7 Å². The molecule has 0 unspecified atom stereocenters. The first-order valence-electron chi connectivity index (χ1n) is 4.81. The molecular weight excluding hydrogens is 206 g/mol. The minimum Gasteiger partial charge on any atom is -0.323 e. The number of aromatic nitrogens is 3. The van der Waals surface area contributed by atoms with Gasteiger partial charge in [0, 0.05) is 13.2 Å². The number of carbonyl (C=O) groups excluding carboxylic acids is 1.